The Balaban J connectivity index is 1.81. The van der Waals surface area contributed by atoms with E-state index in [0.717, 1.165) is 5.56 Å². The summed E-state index contributed by atoms with van der Waals surface area (Å²) < 4.78 is 5.01. The van der Waals surface area contributed by atoms with Crippen molar-refractivity contribution in [1.82, 2.24) is 10.1 Å². The number of anilines is 1. The van der Waals surface area contributed by atoms with Crippen molar-refractivity contribution in [3.8, 4) is 0 Å². The van der Waals surface area contributed by atoms with Gasteiger partial charge in [-0.2, -0.15) is 0 Å². The highest BCUT2D eigenvalue weighted by atomic mass is 16.5. The molecule has 1 aromatic heterocycles. The molecule has 0 aliphatic carbocycles. The smallest absolute Gasteiger partial charge is 0.230 e. The van der Waals surface area contributed by atoms with Gasteiger partial charge >= 0.3 is 0 Å². The van der Waals surface area contributed by atoms with Crippen LogP contribution in [0.3, 0.4) is 0 Å². The molecule has 1 atom stereocenters. The summed E-state index contributed by atoms with van der Waals surface area (Å²) >= 11 is 0. The van der Waals surface area contributed by atoms with Crippen LogP contribution in [0.1, 0.15) is 29.4 Å². The van der Waals surface area contributed by atoms with E-state index in [1.165, 1.54) is 0 Å². The number of para-hydroxylation sites is 1. The molecule has 22 heavy (non-hydrogen) atoms. The average Bonchev–Trinajstić information content (AvgIpc) is 2.90. The van der Waals surface area contributed by atoms with Crippen LogP contribution >= 0.6 is 0 Å². The zero-order valence-electron chi connectivity index (χ0n) is 12.5. The average molecular weight is 299 g/mol. The van der Waals surface area contributed by atoms with Crippen LogP contribution in [-0.4, -0.2) is 28.9 Å². The van der Waals surface area contributed by atoms with Crippen molar-refractivity contribution in [2.75, 3.05) is 12.4 Å². The highest BCUT2D eigenvalue weighted by molar-refractivity contribution is 6.01. The number of hydrogen-bond acceptors (Lipinski definition) is 4. The van der Waals surface area contributed by atoms with Crippen molar-refractivity contribution in [2.24, 2.45) is 0 Å². The van der Waals surface area contributed by atoms with E-state index in [1.54, 1.807) is 24.9 Å². The van der Waals surface area contributed by atoms with Gasteiger partial charge in [-0.3, -0.25) is 9.59 Å². The predicted octanol–water partition coefficient (Wildman–Crippen LogP) is 2.07. The number of nitrogens with one attached hydrogen (secondary N) is 1. The zero-order valence-corrected chi connectivity index (χ0v) is 12.5. The molecule has 2 aromatic rings. The van der Waals surface area contributed by atoms with Gasteiger partial charge in [0.2, 0.25) is 11.8 Å². The summed E-state index contributed by atoms with van der Waals surface area (Å²) in [5.41, 5.74) is 2.26. The summed E-state index contributed by atoms with van der Waals surface area (Å²) in [6.45, 7) is 2.16. The van der Waals surface area contributed by atoms with E-state index in [4.69, 9.17) is 4.52 Å². The van der Waals surface area contributed by atoms with Gasteiger partial charge in [0.25, 0.3) is 0 Å². The minimum Gasteiger partial charge on any atom is -0.361 e. The number of carbonyl (C=O) groups excluding carboxylic acids is 2. The third-order valence-electron chi connectivity index (χ3n) is 3.75. The number of hydrogen-bond donors (Lipinski definition) is 1. The fourth-order valence-corrected chi connectivity index (χ4v) is 2.71. The lowest BCUT2D eigenvalue weighted by Gasteiger charge is -2.28. The molecule has 0 bridgehead atoms. The van der Waals surface area contributed by atoms with E-state index in [1.807, 2.05) is 24.3 Å². The number of likely N-dealkylation sites (N-methyl/N-ethyl adjacent to an activating group) is 1. The first-order valence-corrected chi connectivity index (χ1v) is 7.10. The van der Waals surface area contributed by atoms with Gasteiger partial charge in [0, 0.05) is 25.2 Å². The minimum atomic E-state index is -0.456. The van der Waals surface area contributed by atoms with Crippen LogP contribution < -0.4 is 5.32 Å². The van der Waals surface area contributed by atoms with E-state index in [2.05, 4.69) is 10.5 Å². The van der Waals surface area contributed by atoms with Crippen molar-refractivity contribution in [3.63, 3.8) is 0 Å². The lowest BCUT2D eigenvalue weighted by atomic mass is 9.89. The largest absolute Gasteiger partial charge is 0.361 e. The van der Waals surface area contributed by atoms with Gasteiger partial charge in [0.05, 0.1) is 12.5 Å². The maximum atomic E-state index is 12.7. The van der Waals surface area contributed by atoms with Crippen LogP contribution in [0.2, 0.25) is 0 Å². The first kappa shape index (κ1) is 14.3. The molecule has 0 unspecified atom stereocenters. The van der Waals surface area contributed by atoms with Gasteiger partial charge in [-0.25, -0.2) is 0 Å². The van der Waals surface area contributed by atoms with Crippen LogP contribution in [0, 0.1) is 6.92 Å². The molecule has 3 rings (SSSR count). The van der Waals surface area contributed by atoms with E-state index in [0.29, 0.717) is 23.7 Å². The van der Waals surface area contributed by atoms with E-state index in [-0.39, 0.29) is 18.2 Å². The summed E-state index contributed by atoms with van der Waals surface area (Å²) in [7, 11) is 1.71. The predicted molar refractivity (Wildman–Crippen MR) is 80.1 cm³/mol. The Hall–Kier alpha value is -2.63. The number of fused-ring (bicyclic) bond motifs is 1. The second-order valence-electron chi connectivity index (χ2n) is 5.52. The minimum absolute atomic E-state index is 0.0945. The molecule has 0 saturated heterocycles. The maximum Gasteiger partial charge on any atom is 0.230 e. The SMILES string of the molecule is Cc1cc(CN(C)C(=O)[C@@H]2CC(=O)Nc3ccccc32)no1. The Morgan fingerprint density at radius 2 is 2.23 bits per heavy atom. The molecule has 0 radical (unpaired) electrons. The Morgan fingerprint density at radius 1 is 1.45 bits per heavy atom. The summed E-state index contributed by atoms with van der Waals surface area (Å²) in [6, 6.07) is 9.20. The van der Waals surface area contributed by atoms with Crippen LogP contribution in [0.15, 0.2) is 34.9 Å². The summed E-state index contributed by atoms with van der Waals surface area (Å²) in [4.78, 5) is 26.1. The topological polar surface area (TPSA) is 75.4 Å². The number of aryl methyl sites for hydroxylation is 1. The Labute approximate surface area is 128 Å². The first-order chi connectivity index (χ1) is 10.5. The summed E-state index contributed by atoms with van der Waals surface area (Å²) in [5.74, 6) is 0.0203. The van der Waals surface area contributed by atoms with Crippen molar-refractivity contribution in [2.45, 2.75) is 25.8 Å². The molecule has 114 valence electrons. The van der Waals surface area contributed by atoms with Crippen molar-refractivity contribution in [3.05, 3.63) is 47.3 Å². The highest BCUT2D eigenvalue weighted by Crippen LogP contribution is 2.33. The molecular formula is C16H17N3O3. The number of amides is 2. The standard InChI is InChI=1S/C16H17N3O3/c1-10-7-11(18-22-10)9-19(2)16(21)13-8-15(20)17-14-6-4-3-5-12(13)14/h3-7,13H,8-9H2,1-2H3,(H,17,20)/t13-/m1/s1. The Bertz CT molecular complexity index is 723. The number of nitrogens with zero attached hydrogens (tertiary/aromatic N) is 2. The molecule has 0 fully saturated rings. The van der Waals surface area contributed by atoms with Crippen molar-refractivity contribution < 1.29 is 14.1 Å². The monoisotopic (exact) mass is 299 g/mol. The van der Waals surface area contributed by atoms with Gasteiger partial charge in [-0.15, -0.1) is 0 Å². The van der Waals surface area contributed by atoms with Gasteiger partial charge in [0.1, 0.15) is 11.5 Å². The second kappa shape index (κ2) is 5.63. The number of benzene rings is 1. The number of carbonyl (C=O) groups is 2. The molecule has 1 aliphatic heterocycles. The molecular weight excluding hydrogens is 282 g/mol. The van der Waals surface area contributed by atoms with Crippen LogP contribution in [0.25, 0.3) is 0 Å². The van der Waals surface area contributed by atoms with Gasteiger partial charge in [-0.1, -0.05) is 23.4 Å². The Kier molecular flexibility index (Phi) is 3.66. The highest BCUT2D eigenvalue weighted by Gasteiger charge is 2.32. The molecule has 1 N–H and O–H groups in total. The number of aromatic nitrogens is 1. The molecule has 6 heteroatoms. The quantitative estimate of drug-likeness (QED) is 0.941. The van der Waals surface area contributed by atoms with E-state index in [9.17, 15) is 9.59 Å². The van der Waals surface area contributed by atoms with Crippen molar-refractivity contribution in [1.29, 1.82) is 0 Å². The third kappa shape index (κ3) is 2.72. The summed E-state index contributed by atoms with van der Waals surface area (Å²) in [6.07, 6.45) is 0.165. The normalized spacial score (nSPS) is 16.8. The lowest BCUT2D eigenvalue weighted by Crippen LogP contribution is -2.36. The fraction of sp³-hybridized carbons (Fsp3) is 0.312. The zero-order chi connectivity index (χ0) is 15.7. The molecule has 0 spiro atoms. The second-order valence-corrected chi connectivity index (χ2v) is 5.52. The third-order valence-corrected chi connectivity index (χ3v) is 3.75. The fourth-order valence-electron chi connectivity index (χ4n) is 2.71. The first-order valence-electron chi connectivity index (χ1n) is 7.10. The van der Waals surface area contributed by atoms with E-state index >= 15 is 0 Å². The number of rotatable bonds is 3. The lowest BCUT2D eigenvalue weighted by molar-refractivity contribution is -0.134. The summed E-state index contributed by atoms with van der Waals surface area (Å²) in [5, 5.41) is 6.69. The van der Waals surface area contributed by atoms with Crippen molar-refractivity contribution >= 4 is 17.5 Å². The van der Waals surface area contributed by atoms with Gasteiger partial charge in [-0.05, 0) is 18.6 Å². The molecule has 6 nitrogen and oxygen atoms in total. The Morgan fingerprint density at radius 3 is 2.95 bits per heavy atom. The van der Waals surface area contributed by atoms with Crippen LogP contribution in [0.5, 0.6) is 0 Å². The van der Waals surface area contributed by atoms with Crippen LogP contribution in [0.4, 0.5) is 5.69 Å². The maximum absolute atomic E-state index is 12.7. The molecule has 2 heterocycles. The van der Waals surface area contributed by atoms with E-state index < -0.39 is 5.92 Å². The van der Waals surface area contributed by atoms with Gasteiger partial charge < -0.3 is 14.7 Å². The molecule has 2 amide bonds. The van der Waals surface area contributed by atoms with Gasteiger partial charge in [0.15, 0.2) is 0 Å². The van der Waals surface area contributed by atoms with Crippen LogP contribution in [-0.2, 0) is 16.1 Å². The molecule has 1 aromatic carbocycles. The molecule has 1 aliphatic rings. The molecule has 0 saturated carbocycles.